The summed E-state index contributed by atoms with van der Waals surface area (Å²) in [6, 6.07) is 3.55. The molecule has 0 bridgehead atoms. The minimum absolute atomic E-state index is 0.207. The molecule has 0 spiro atoms. The van der Waals surface area contributed by atoms with Crippen LogP contribution in [-0.2, 0) is 11.8 Å². The fourth-order valence-electron chi connectivity index (χ4n) is 1.96. The molecule has 0 amide bonds. The van der Waals surface area contributed by atoms with Gasteiger partial charge in [-0.15, -0.1) is 0 Å². The minimum atomic E-state index is -0.239. The van der Waals surface area contributed by atoms with E-state index in [0.717, 1.165) is 24.8 Å². The van der Waals surface area contributed by atoms with E-state index in [1.165, 1.54) is 0 Å². The number of hydrogen-bond acceptors (Lipinski definition) is 2. The average molecular weight is 222 g/mol. The highest BCUT2D eigenvalue weighted by atomic mass is 16.3. The minimum Gasteiger partial charge on any atom is -0.507 e. The van der Waals surface area contributed by atoms with Crippen molar-refractivity contribution in [1.82, 2.24) is 0 Å². The van der Waals surface area contributed by atoms with Gasteiger partial charge in [-0.05, 0) is 36.0 Å². The van der Waals surface area contributed by atoms with Crippen molar-refractivity contribution >= 4 is 0 Å². The Bertz CT molecular complexity index is 338. The van der Waals surface area contributed by atoms with Crippen LogP contribution in [0, 0.1) is 0 Å². The second kappa shape index (κ2) is 4.77. The number of aromatic hydroxyl groups is 2. The van der Waals surface area contributed by atoms with Crippen LogP contribution in [0.3, 0.4) is 0 Å². The van der Waals surface area contributed by atoms with Crippen LogP contribution in [0.1, 0.15) is 51.7 Å². The number of unbranched alkanes of at least 4 members (excludes halogenated alkanes) is 1. The zero-order valence-corrected chi connectivity index (χ0v) is 10.7. The maximum atomic E-state index is 9.95. The zero-order valence-electron chi connectivity index (χ0n) is 10.7. The van der Waals surface area contributed by atoms with Crippen LogP contribution in [-0.4, -0.2) is 10.2 Å². The van der Waals surface area contributed by atoms with Crippen LogP contribution in [0.2, 0.25) is 0 Å². The van der Waals surface area contributed by atoms with Gasteiger partial charge in [0.15, 0.2) is 0 Å². The molecule has 0 unspecified atom stereocenters. The summed E-state index contributed by atoms with van der Waals surface area (Å²) in [6.45, 7) is 8.07. The normalized spacial score (nSPS) is 11.8. The number of rotatable bonds is 3. The van der Waals surface area contributed by atoms with Crippen LogP contribution in [0.25, 0.3) is 0 Å². The van der Waals surface area contributed by atoms with E-state index in [0.29, 0.717) is 5.56 Å². The molecule has 90 valence electrons. The quantitative estimate of drug-likeness (QED) is 0.818. The fraction of sp³-hybridized carbons (Fsp3) is 0.571. The highest BCUT2D eigenvalue weighted by Gasteiger charge is 2.22. The number of aryl methyl sites for hydroxylation is 1. The van der Waals surface area contributed by atoms with Crippen molar-refractivity contribution in [3.63, 3.8) is 0 Å². The van der Waals surface area contributed by atoms with Crippen molar-refractivity contribution in [3.8, 4) is 11.5 Å². The first-order valence-electron chi connectivity index (χ1n) is 5.91. The van der Waals surface area contributed by atoms with Gasteiger partial charge in [-0.2, -0.15) is 0 Å². The summed E-state index contributed by atoms with van der Waals surface area (Å²) in [4.78, 5) is 0. The van der Waals surface area contributed by atoms with Crippen LogP contribution in [0.15, 0.2) is 12.1 Å². The molecule has 0 atom stereocenters. The third-order valence-electron chi connectivity index (χ3n) is 2.73. The molecule has 0 aliphatic rings. The maximum Gasteiger partial charge on any atom is 0.123 e. The summed E-state index contributed by atoms with van der Waals surface area (Å²) in [5, 5.41) is 19.9. The van der Waals surface area contributed by atoms with Gasteiger partial charge in [0, 0.05) is 5.56 Å². The fourth-order valence-corrected chi connectivity index (χ4v) is 1.96. The van der Waals surface area contributed by atoms with E-state index >= 15 is 0 Å². The summed E-state index contributed by atoms with van der Waals surface area (Å²) >= 11 is 0. The van der Waals surface area contributed by atoms with E-state index in [1.807, 2.05) is 20.8 Å². The van der Waals surface area contributed by atoms with E-state index in [1.54, 1.807) is 12.1 Å². The third kappa shape index (κ3) is 2.91. The first kappa shape index (κ1) is 12.9. The molecule has 0 fully saturated rings. The van der Waals surface area contributed by atoms with Gasteiger partial charge in [-0.3, -0.25) is 0 Å². The topological polar surface area (TPSA) is 40.5 Å². The standard InChI is InChI=1S/C14H22O2/c1-5-6-7-10-8-11(15)13(12(16)9-10)14(2,3)4/h8-9,15-16H,5-7H2,1-4H3. The molecule has 0 heterocycles. The van der Waals surface area contributed by atoms with E-state index in [2.05, 4.69) is 6.92 Å². The molecule has 0 saturated heterocycles. The van der Waals surface area contributed by atoms with Crippen LogP contribution < -0.4 is 0 Å². The van der Waals surface area contributed by atoms with Gasteiger partial charge in [0.1, 0.15) is 11.5 Å². The van der Waals surface area contributed by atoms with Crippen molar-refractivity contribution in [2.75, 3.05) is 0 Å². The summed E-state index contributed by atoms with van der Waals surface area (Å²) in [5.74, 6) is 0.414. The van der Waals surface area contributed by atoms with Crippen LogP contribution in [0.4, 0.5) is 0 Å². The lowest BCUT2D eigenvalue weighted by molar-refractivity contribution is 0.409. The third-order valence-corrected chi connectivity index (χ3v) is 2.73. The molecular weight excluding hydrogens is 200 g/mol. The van der Waals surface area contributed by atoms with Gasteiger partial charge in [0.05, 0.1) is 0 Å². The van der Waals surface area contributed by atoms with Gasteiger partial charge in [-0.25, -0.2) is 0 Å². The SMILES string of the molecule is CCCCc1cc(O)c(C(C)(C)C)c(O)c1. The molecule has 1 rings (SSSR count). The Morgan fingerprint density at radius 3 is 1.94 bits per heavy atom. The Balaban J connectivity index is 3.08. The Kier molecular flexibility index (Phi) is 3.84. The molecule has 0 radical (unpaired) electrons. The Morgan fingerprint density at radius 2 is 1.56 bits per heavy atom. The van der Waals surface area contributed by atoms with Crippen LogP contribution >= 0.6 is 0 Å². The predicted octanol–water partition coefficient (Wildman–Crippen LogP) is 3.74. The number of hydrogen-bond donors (Lipinski definition) is 2. The smallest absolute Gasteiger partial charge is 0.123 e. The molecule has 2 N–H and O–H groups in total. The molecule has 0 saturated carbocycles. The molecule has 2 nitrogen and oxygen atoms in total. The first-order chi connectivity index (χ1) is 7.36. The van der Waals surface area contributed by atoms with E-state index in [9.17, 15) is 10.2 Å². The number of phenolic OH excluding ortho intramolecular Hbond substituents is 2. The molecular formula is C14H22O2. The molecule has 0 aliphatic carbocycles. The van der Waals surface area contributed by atoms with Crippen molar-refractivity contribution in [2.24, 2.45) is 0 Å². The van der Waals surface area contributed by atoms with Crippen molar-refractivity contribution in [3.05, 3.63) is 23.3 Å². The number of phenols is 2. The molecule has 1 aromatic carbocycles. The molecule has 0 aromatic heterocycles. The van der Waals surface area contributed by atoms with Crippen molar-refractivity contribution in [2.45, 2.75) is 52.4 Å². The molecule has 0 aliphatic heterocycles. The zero-order chi connectivity index (χ0) is 12.3. The summed E-state index contributed by atoms with van der Waals surface area (Å²) < 4.78 is 0. The van der Waals surface area contributed by atoms with Gasteiger partial charge in [0.2, 0.25) is 0 Å². The van der Waals surface area contributed by atoms with E-state index in [-0.39, 0.29) is 16.9 Å². The lowest BCUT2D eigenvalue weighted by atomic mass is 9.84. The van der Waals surface area contributed by atoms with Gasteiger partial charge < -0.3 is 10.2 Å². The maximum absolute atomic E-state index is 9.95. The largest absolute Gasteiger partial charge is 0.507 e. The van der Waals surface area contributed by atoms with Crippen LogP contribution in [0.5, 0.6) is 11.5 Å². The van der Waals surface area contributed by atoms with Crippen molar-refractivity contribution in [1.29, 1.82) is 0 Å². The lowest BCUT2D eigenvalue weighted by Gasteiger charge is -2.22. The van der Waals surface area contributed by atoms with Crippen molar-refractivity contribution < 1.29 is 10.2 Å². The van der Waals surface area contributed by atoms with E-state index < -0.39 is 0 Å². The Morgan fingerprint density at radius 1 is 1.06 bits per heavy atom. The van der Waals surface area contributed by atoms with Gasteiger partial charge in [0.25, 0.3) is 0 Å². The lowest BCUT2D eigenvalue weighted by Crippen LogP contribution is -2.12. The Hall–Kier alpha value is -1.18. The summed E-state index contributed by atoms with van der Waals surface area (Å²) in [6.07, 6.45) is 3.10. The highest BCUT2D eigenvalue weighted by molar-refractivity contribution is 5.50. The summed E-state index contributed by atoms with van der Waals surface area (Å²) in [5.41, 5.74) is 1.40. The summed E-state index contributed by atoms with van der Waals surface area (Å²) in [7, 11) is 0. The first-order valence-corrected chi connectivity index (χ1v) is 5.91. The predicted molar refractivity (Wildman–Crippen MR) is 67.1 cm³/mol. The second-order valence-electron chi connectivity index (χ2n) is 5.36. The van der Waals surface area contributed by atoms with E-state index in [4.69, 9.17) is 0 Å². The molecule has 1 aromatic rings. The molecule has 16 heavy (non-hydrogen) atoms. The Labute approximate surface area is 97.9 Å². The molecule has 2 heteroatoms. The monoisotopic (exact) mass is 222 g/mol. The second-order valence-corrected chi connectivity index (χ2v) is 5.36. The number of benzene rings is 1. The highest BCUT2D eigenvalue weighted by Crippen LogP contribution is 2.38. The average Bonchev–Trinajstić information content (AvgIpc) is 2.11. The van der Waals surface area contributed by atoms with Gasteiger partial charge >= 0.3 is 0 Å². The van der Waals surface area contributed by atoms with Gasteiger partial charge in [-0.1, -0.05) is 34.1 Å².